The Labute approximate surface area is 160 Å². The molecule has 0 aliphatic rings. The second-order valence-electron chi connectivity index (χ2n) is 5.67. The molecule has 2 aromatic heterocycles. The molecule has 0 fully saturated rings. The number of thiocarbonyl (C=S) groups is 1. The number of nitrogens with one attached hydrogen (secondary N) is 2. The number of nitrogens with zero attached hydrogens (tertiary/aromatic N) is 2. The first kappa shape index (κ1) is 16.7. The predicted octanol–water partition coefficient (Wildman–Crippen LogP) is 4.34. The van der Waals surface area contributed by atoms with Crippen LogP contribution in [0.5, 0.6) is 5.75 Å². The lowest BCUT2D eigenvalue weighted by molar-refractivity contribution is 0.415. The molecule has 0 radical (unpaired) electrons. The van der Waals surface area contributed by atoms with Crippen molar-refractivity contribution in [3.8, 4) is 5.75 Å². The summed E-state index contributed by atoms with van der Waals surface area (Å²) in [4.78, 5) is 8.71. The Kier molecular flexibility index (Phi) is 4.64. The van der Waals surface area contributed by atoms with Crippen molar-refractivity contribution in [2.45, 2.75) is 6.54 Å². The lowest BCUT2D eigenvalue weighted by atomic mass is 10.1. The van der Waals surface area contributed by atoms with E-state index in [1.54, 1.807) is 24.6 Å². The Balaban J connectivity index is 1.45. The minimum absolute atomic E-state index is 0.544. The van der Waals surface area contributed by atoms with Gasteiger partial charge in [0.15, 0.2) is 10.2 Å². The van der Waals surface area contributed by atoms with E-state index in [0.29, 0.717) is 11.7 Å². The number of hydrogen-bond acceptors (Lipinski definition) is 5. The second-order valence-corrected chi connectivity index (χ2v) is 7.11. The summed E-state index contributed by atoms with van der Waals surface area (Å²) in [6, 6.07) is 14.0. The predicted molar refractivity (Wildman–Crippen MR) is 111 cm³/mol. The molecule has 0 unspecified atom stereocenters. The van der Waals surface area contributed by atoms with E-state index in [1.165, 1.54) is 10.9 Å². The Morgan fingerprint density at radius 1 is 1.23 bits per heavy atom. The highest BCUT2D eigenvalue weighted by molar-refractivity contribution is 7.80. The third-order valence-electron chi connectivity index (χ3n) is 4.03. The Bertz CT molecular complexity index is 1090. The molecule has 2 aromatic carbocycles. The van der Waals surface area contributed by atoms with E-state index in [4.69, 9.17) is 17.0 Å². The molecule has 0 amide bonds. The lowest BCUT2D eigenvalue weighted by Crippen LogP contribution is -2.27. The summed E-state index contributed by atoms with van der Waals surface area (Å²) in [5.74, 6) is 0.818. The van der Waals surface area contributed by atoms with Gasteiger partial charge in [-0.25, -0.2) is 4.98 Å². The van der Waals surface area contributed by atoms with Crippen molar-refractivity contribution in [3.63, 3.8) is 0 Å². The summed E-state index contributed by atoms with van der Waals surface area (Å²) in [6.45, 7) is 0.631. The van der Waals surface area contributed by atoms with Crippen LogP contribution < -0.4 is 15.4 Å². The molecule has 0 atom stereocenters. The molecule has 4 aromatic rings. The number of aromatic nitrogens is 2. The smallest absolute Gasteiger partial charge is 0.190 e. The molecule has 2 heterocycles. The first-order valence-electron chi connectivity index (χ1n) is 8.04. The van der Waals surface area contributed by atoms with Gasteiger partial charge >= 0.3 is 0 Å². The maximum Gasteiger partial charge on any atom is 0.190 e. The molecule has 26 heavy (non-hydrogen) atoms. The van der Waals surface area contributed by atoms with Gasteiger partial charge in [0, 0.05) is 24.3 Å². The molecule has 5 nitrogen and oxygen atoms in total. The normalized spacial score (nSPS) is 10.8. The van der Waals surface area contributed by atoms with Crippen molar-refractivity contribution >= 4 is 54.8 Å². The fourth-order valence-electron chi connectivity index (χ4n) is 2.75. The SMILES string of the molecule is COc1ccc2nc(NC(=S)NCc3cccc4cnccc34)sc2c1. The van der Waals surface area contributed by atoms with Crippen LogP contribution in [0, 0.1) is 0 Å². The molecular weight excluding hydrogens is 364 g/mol. The lowest BCUT2D eigenvalue weighted by Gasteiger charge is -2.10. The summed E-state index contributed by atoms with van der Waals surface area (Å²) in [7, 11) is 1.66. The number of hydrogen-bond donors (Lipinski definition) is 2. The average molecular weight is 380 g/mol. The number of rotatable bonds is 4. The monoisotopic (exact) mass is 380 g/mol. The van der Waals surface area contributed by atoms with Crippen LogP contribution in [0.3, 0.4) is 0 Å². The largest absolute Gasteiger partial charge is 0.497 e. The molecule has 0 saturated carbocycles. The Morgan fingerprint density at radius 2 is 2.15 bits per heavy atom. The minimum Gasteiger partial charge on any atom is -0.497 e. The van der Waals surface area contributed by atoms with Crippen molar-refractivity contribution < 1.29 is 4.74 Å². The van der Waals surface area contributed by atoms with Crippen LogP contribution in [0.2, 0.25) is 0 Å². The Morgan fingerprint density at radius 3 is 3.04 bits per heavy atom. The number of benzene rings is 2. The molecule has 4 rings (SSSR count). The molecule has 0 saturated heterocycles. The van der Waals surface area contributed by atoms with Crippen molar-refractivity contribution in [1.82, 2.24) is 15.3 Å². The third kappa shape index (κ3) is 3.44. The van der Waals surface area contributed by atoms with E-state index in [-0.39, 0.29) is 0 Å². The number of thiazole rings is 1. The first-order chi connectivity index (χ1) is 12.7. The van der Waals surface area contributed by atoms with E-state index in [9.17, 15) is 0 Å². The van der Waals surface area contributed by atoms with Crippen molar-refractivity contribution in [2.24, 2.45) is 0 Å². The molecule has 130 valence electrons. The first-order valence-corrected chi connectivity index (χ1v) is 9.26. The average Bonchev–Trinajstić information content (AvgIpc) is 3.07. The zero-order chi connectivity index (χ0) is 17.9. The van der Waals surface area contributed by atoms with E-state index >= 15 is 0 Å². The zero-order valence-corrected chi connectivity index (χ0v) is 15.7. The van der Waals surface area contributed by atoms with Gasteiger partial charge in [0.1, 0.15) is 5.75 Å². The van der Waals surface area contributed by atoms with Crippen molar-refractivity contribution in [2.75, 3.05) is 12.4 Å². The van der Waals surface area contributed by atoms with Crippen LogP contribution in [0.15, 0.2) is 54.9 Å². The molecular formula is C19H16N4OS2. The quantitative estimate of drug-likeness (QED) is 0.514. The van der Waals surface area contributed by atoms with Gasteiger partial charge < -0.3 is 15.4 Å². The number of methoxy groups -OCH3 is 1. The maximum absolute atomic E-state index is 5.42. The van der Waals surface area contributed by atoms with Gasteiger partial charge in [-0.2, -0.15) is 0 Å². The van der Waals surface area contributed by atoms with E-state index in [1.807, 2.05) is 36.5 Å². The molecule has 2 N–H and O–H groups in total. The fourth-order valence-corrected chi connectivity index (χ4v) is 3.88. The highest BCUT2D eigenvalue weighted by atomic mass is 32.1. The van der Waals surface area contributed by atoms with Crippen LogP contribution in [-0.2, 0) is 6.54 Å². The van der Waals surface area contributed by atoms with Crippen molar-refractivity contribution in [3.05, 3.63) is 60.4 Å². The molecule has 0 aliphatic carbocycles. The number of ether oxygens (including phenoxy) is 1. The van der Waals surface area contributed by atoms with Crippen LogP contribution in [-0.4, -0.2) is 22.2 Å². The maximum atomic E-state index is 5.42. The summed E-state index contributed by atoms with van der Waals surface area (Å²) in [5, 5.41) is 10.00. The van der Waals surface area contributed by atoms with E-state index in [0.717, 1.165) is 26.5 Å². The number of pyridine rings is 1. The minimum atomic E-state index is 0.544. The third-order valence-corrected chi connectivity index (χ3v) is 5.21. The molecule has 0 aliphatic heterocycles. The summed E-state index contributed by atoms with van der Waals surface area (Å²) >= 11 is 6.96. The number of fused-ring (bicyclic) bond motifs is 2. The van der Waals surface area contributed by atoms with Gasteiger partial charge in [-0.05, 0) is 47.4 Å². The van der Waals surface area contributed by atoms with E-state index in [2.05, 4.69) is 32.7 Å². The van der Waals surface area contributed by atoms with Crippen molar-refractivity contribution in [1.29, 1.82) is 0 Å². The standard InChI is InChI=1S/C19H16N4OS2/c1-24-14-5-6-16-17(9-14)26-19(22-16)23-18(25)21-11-13-4-2-3-12-10-20-8-7-15(12)13/h2-10H,11H2,1H3,(H2,21,22,23,25). The highest BCUT2D eigenvalue weighted by Gasteiger charge is 2.07. The van der Waals surface area contributed by atoms with Crippen LogP contribution >= 0.6 is 23.6 Å². The van der Waals surface area contributed by atoms with Gasteiger partial charge in [0.25, 0.3) is 0 Å². The van der Waals surface area contributed by atoms with Gasteiger partial charge in [-0.1, -0.05) is 29.5 Å². The van der Waals surface area contributed by atoms with Gasteiger partial charge in [-0.3, -0.25) is 4.98 Å². The summed E-state index contributed by atoms with van der Waals surface area (Å²) in [6.07, 6.45) is 3.67. The fraction of sp³-hybridized carbons (Fsp3) is 0.105. The van der Waals surface area contributed by atoms with Gasteiger partial charge in [-0.15, -0.1) is 0 Å². The molecule has 7 heteroatoms. The Hall–Kier alpha value is -2.77. The van der Waals surface area contributed by atoms with Crippen LogP contribution in [0.1, 0.15) is 5.56 Å². The summed E-state index contributed by atoms with van der Waals surface area (Å²) in [5.41, 5.74) is 2.09. The molecule has 0 bridgehead atoms. The highest BCUT2D eigenvalue weighted by Crippen LogP contribution is 2.29. The molecule has 0 spiro atoms. The van der Waals surface area contributed by atoms with Gasteiger partial charge in [0.2, 0.25) is 0 Å². The summed E-state index contributed by atoms with van der Waals surface area (Å²) < 4.78 is 6.30. The second kappa shape index (κ2) is 7.23. The van der Waals surface area contributed by atoms with Crippen LogP contribution in [0.4, 0.5) is 5.13 Å². The van der Waals surface area contributed by atoms with E-state index < -0.39 is 0 Å². The zero-order valence-electron chi connectivity index (χ0n) is 14.0. The van der Waals surface area contributed by atoms with Gasteiger partial charge in [0.05, 0.1) is 17.3 Å². The van der Waals surface area contributed by atoms with Crippen LogP contribution in [0.25, 0.3) is 21.0 Å². The number of anilines is 1. The topological polar surface area (TPSA) is 59.1 Å².